The highest BCUT2D eigenvalue weighted by Crippen LogP contribution is 2.20. The van der Waals surface area contributed by atoms with Gasteiger partial charge in [-0.25, -0.2) is 5.43 Å². The van der Waals surface area contributed by atoms with Crippen LogP contribution in [0.15, 0.2) is 52.0 Å². The third-order valence-corrected chi connectivity index (χ3v) is 3.72. The van der Waals surface area contributed by atoms with Gasteiger partial charge in [-0.05, 0) is 24.3 Å². The molecule has 1 amide bonds. The average Bonchev–Trinajstić information content (AvgIpc) is 2.40. The summed E-state index contributed by atoms with van der Waals surface area (Å²) in [6, 6.07) is 12.2. The number of nitrogens with one attached hydrogen (secondary N) is 1. The van der Waals surface area contributed by atoms with Gasteiger partial charge in [0.1, 0.15) is 0 Å². The Morgan fingerprint density at radius 2 is 1.95 bits per heavy atom. The van der Waals surface area contributed by atoms with E-state index >= 15 is 0 Å². The summed E-state index contributed by atoms with van der Waals surface area (Å²) < 4.78 is 0.891. The topological polar surface area (TPSA) is 41.5 Å². The third-order valence-electron chi connectivity index (χ3n) is 2.45. The minimum absolute atomic E-state index is 0.283. The summed E-state index contributed by atoms with van der Waals surface area (Å²) in [6.07, 6.45) is 1.55. The number of hydrazone groups is 1. The maximum Gasteiger partial charge on any atom is 0.272 e. The van der Waals surface area contributed by atoms with Crippen molar-refractivity contribution < 1.29 is 4.79 Å². The summed E-state index contributed by atoms with van der Waals surface area (Å²) in [6.45, 7) is 0. The van der Waals surface area contributed by atoms with Crippen molar-refractivity contribution in [1.29, 1.82) is 0 Å². The van der Waals surface area contributed by atoms with E-state index in [0.29, 0.717) is 10.6 Å². The smallest absolute Gasteiger partial charge is 0.267 e. The first kappa shape index (κ1) is 15.0. The molecule has 0 atom stereocenters. The Morgan fingerprint density at radius 1 is 1.20 bits per heavy atom. The number of halogens is 3. The lowest BCUT2D eigenvalue weighted by molar-refractivity contribution is 0.0955. The van der Waals surface area contributed by atoms with Crippen molar-refractivity contribution >= 4 is 51.3 Å². The van der Waals surface area contributed by atoms with E-state index in [2.05, 4.69) is 26.5 Å². The van der Waals surface area contributed by atoms with Crippen molar-refractivity contribution in [3.05, 3.63) is 68.1 Å². The van der Waals surface area contributed by atoms with Crippen molar-refractivity contribution in [2.45, 2.75) is 0 Å². The highest BCUT2D eigenvalue weighted by Gasteiger charge is 2.09. The molecule has 0 fully saturated rings. The van der Waals surface area contributed by atoms with Crippen LogP contribution in [0.3, 0.4) is 0 Å². The fraction of sp³-hybridized carbons (Fsp3) is 0. The van der Waals surface area contributed by atoms with Gasteiger partial charge in [0.25, 0.3) is 5.91 Å². The lowest BCUT2D eigenvalue weighted by atomic mass is 10.2. The molecule has 0 radical (unpaired) electrons. The molecule has 2 aromatic rings. The van der Waals surface area contributed by atoms with E-state index in [0.717, 1.165) is 10.0 Å². The van der Waals surface area contributed by atoms with Gasteiger partial charge in [-0.3, -0.25) is 4.79 Å². The van der Waals surface area contributed by atoms with Gasteiger partial charge in [-0.15, -0.1) is 0 Å². The Balaban J connectivity index is 2.07. The summed E-state index contributed by atoms with van der Waals surface area (Å²) in [5, 5.41) is 4.65. The van der Waals surface area contributed by atoms with E-state index in [1.165, 1.54) is 6.07 Å². The van der Waals surface area contributed by atoms with E-state index in [1.54, 1.807) is 18.3 Å². The first-order valence-electron chi connectivity index (χ1n) is 5.61. The maximum atomic E-state index is 11.9. The predicted octanol–water partition coefficient (Wildman–Crippen LogP) is 4.52. The quantitative estimate of drug-likeness (QED) is 0.625. The van der Waals surface area contributed by atoms with Crippen LogP contribution in [0.4, 0.5) is 0 Å². The standard InChI is InChI=1S/C14H9BrCl2N2O/c15-12-4-2-1-3-9(12)8-18-19-14(20)11-6-5-10(16)7-13(11)17/h1-8H,(H,19,20)/b18-8+. The Bertz CT molecular complexity index is 674. The van der Waals surface area contributed by atoms with Crippen molar-refractivity contribution in [1.82, 2.24) is 5.43 Å². The van der Waals surface area contributed by atoms with Gasteiger partial charge >= 0.3 is 0 Å². The van der Waals surface area contributed by atoms with Crippen molar-refractivity contribution in [3.63, 3.8) is 0 Å². The van der Waals surface area contributed by atoms with Gasteiger partial charge in [0, 0.05) is 15.1 Å². The summed E-state index contributed by atoms with van der Waals surface area (Å²) >= 11 is 15.1. The Morgan fingerprint density at radius 3 is 2.65 bits per heavy atom. The van der Waals surface area contributed by atoms with Crippen molar-refractivity contribution in [2.75, 3.05) is 0 Å². The van der Waals surface area contributed by atoms with Crippen molar-refractivity contribution in [2.24, 2.45) is 5.10 Å². The lowest BCUT2D eigenvalue weighted by Gasteiger charge is -2.03. The predicted molar refractivity (Wildman–Crippen MR) is 85.7 cm³/mol. The maximum absolute atomic E-state index is 11.9. The Labute approximate surface area is 134 Å². The zero-order valence-electron chi connectivity index (χ0n) is 10.1. The molecule has 6 heteroatoms. The second-order valence-electron chi connectivity index (χ2n) is 3.84. The van der Waals surface area contributed by atoms with Gasteiger partial charge in [-0.2, -0.15) is 5.10 Å². The fourth-order valence-electron chi connectivity index (χ4n) is 1.47. The molecule has 20 heavy (non-hydrogen) atoms. The van der Waals surface area contributed by atoms with Crippen LogP contribution in [0.5, 0.6) is 0 Å². The highest BCUT2D eigenvalue weighted by atomic mass is 79.9. The highest BCUT2D eigenvalue weighted by molar-refractivity contribution is 9.10. The van der Waals surface area contributed by atoms with Crippen LogP contribution in [-0.2, 0) is 0 Å². The molecular weight excluding hydrogens is 363 g/mol. The summed E-state index contributed by atoms with van der Waals surface area (Å²) in [7, 11) is 0. The number of hydrogen-bond donors (Lipinski definition) is 1. The molecule has 3 nitrogen and oxygen atoms in total. The Hall–Kier alpha value is -1.36. The van der Waals surface area contributed by atoms with Crippen LogP contribution in [-0.4, -0.2) is 12.1 Å². The molecule has 0 spiro atoms. The number of carbonyl (C=O) groups excluding carboxylic acids is 1. The second-order valence-corrected chi connectivity index (χ2v) is 5.54. The summed E-state index contributed by atoms with van der Waals surface area (Å²) in [4.78, 5) is 11.9. The second kappa shape index (κ2) is 6.88. The molecule has 102 valence electrons. The van der Waals surface area contributed by atoms with Crippen LogP contribution in [0.25, 0.3) is 0 Å². The van der Waals surface area contributed by atoms with Crippen LogP contribution in [0.1, 0.15) is 15.9 Å². The monoisotopic (exact) mass is 370 g/mol. The number of amides is 1. The average molecular weight is 372 g/mol. The SMILES string of the molecule is O=C(N/N=C/c1ccccc1Br)c1ccc(Cl)cc1Cl. The molecule has 0 aromatic heterocycles. The fourth-order valence-corrected chi connectivity index (χ4v) is 2.36. The number of hydrogen-bond acceptors (Lipinski definition) is 2. The minimum Gasteiger partial charge on any atom is -0.267 e. The van der Waals surface area contributed by atoms with E-state index in [4.69, 9.17) is 23.2 Å². The molecule has 0 aliphatic carbocycles. The van der Waals surface area contributed by atoms with Crippen LogP contribution in [0, 0.1) is 0 Å². The van der Waals surface area contributed by atoms with Gasteiger partial charge in [0.05, 0.1) is 16.8 Å². The number of benzene rings is 2. The molecule has 0 saturated heterocycles. The molecule has 0 aliphatic heterocycles. The first-order chi connectivity index (χ1) is 9.58. The van der Waals surface area contributed by atoms with Crippen molar-refractivity contribution in [3.8, 4) is 0 Å². The molecule has 2 aromatic carbocycles. The zero-order chi connectivity index (χ0) is 14.5. The molecule has 1 N–H and O–H groups in total. The van der Waals surface area contributed by atoms with E-state index in [-0.39, 0.29) is 5.02 Å². The zero-order valence-corrected chi connectivity index (χ0v) is 13.2. The van der Waals surface area contributed by atoms with Crippen LogP contribution >= 0.6 is 39.1 Å². The number of carbonyl (C=O) groups is 1. The number of rotatable bonds is 3. The van der Waals surface area contributed by atoms with Gasteiger partial charge in [-0.1, -0.05) is 57.3 Å². The molecular formula is C14H9BrCl2N2O. The molecule has 2 rings (SSSR count). The van der Waals surface area contributed by atoms with Crippen LogP contribution < -0.4 is 5.43 Å². The van der Waals surface area contributed by atoms with E-state index in [9.17, 15) is 4.79 Å². The summed E-state index contributed by atoms with van der Waals surface area (Å²) in [5.41, 5.74) is 3.59. The molecule has 0 bridgehead atoms. The van der Waals surface area contributed by atoms with E-state index in [1.807, 2.05) is 24.3 Å². The van der Waals surface area contributed by atoms with Crippen LogP contribution in [0.2, 0.25) is 10.0 Å². The summed E-state index contributed by atoms with van der Waals surface area (Å²) in [5.74, 6) is -0.394. The first-order valence-corrected chi connectivity index (χ1v) is 7.16. The molecule has 0 unspecified atom stereocenters. The normalized spacial score (nSPS) is 10.8. The van der Waals surface area contributed by atoms with Gasteiger partial charge in [0.15, 0.2) is 0 Å². The molecule has 0 heterocycles. The Kier molecular flexibility index (Phi) is 5.17. The molecule has 0 saturated carbocycles. The van der Waals surface area contributed by atoms with Gasteiger partial charge in [0.2, 0.25) is 0 Å². The largest absolute Gasteiger partial charge is 0.272 e. The number of nitrogens with zero attached hydrogens (tertiary/aromatic N) is 1. The third kappa shape index (κ3) is 3.82. The minimum atomic E-state index is -0.394. The van der Waals surface area contributed by atoms with E-state index < -0.39 is 5.91 Å². The molecule has 0 aliphatic rings. The van der Waals surface area contributed by atoms with Gasteiger partial charge < -0.3 is 0 Å². The lowest BCUT2D eigenvalue weighted by Crippen LogP contribution is -2.18.